The minimum atomic E-state index is -1.89. The fourth-order valence-corrected chi connectivity index (χ4v) is 0.659. The third-order valence-electron chi connectivity index (χ3n) is 1.52. The van der Waals surface area contributed by atoms with E-state index in [1.807, 2.05) is 0 Å². The van der Waals surface area contributed by atoms with Gasteiger partial charge in [0.15, 0.2) is 0 Å². The zero-order valence-corrected chi connectivity index (χ0v) is 8.62. The van der Waals surface area contributed by atoms with E-state index in [9.17, 15) is 14.4 Å². The molecule has 0 rings (SSSR count). The molecule has 0 bridgehead atoms. The molecular weight excluding hydrogens is 188 g/mol. The number of carbonyl (C=O) groups is 3. The van der Waals surface area contributed by atoms with Gasteiger partial charge in [0.05, 0.1) is 0 Å². The van der Waals surface area contributed by atoms with Gasteiger partial charge in [-0.1, -0.05) is 0 Å². The predicted molar refractivity (Wildman–Crippen MR) is 47.6 cm³/mol. The molecule has 0 fully saturated rings. The van der Waals surface area contributed by atoms with Gasteiger partial charge in [0.2, 0.25) is 11.6 Å². The molecule has 0 amide bonds. The van der Waals surface area contributed by atoms with Crippen molar-refractivity contribution < 1.29 is 24.6 Å². The molecular formula is C9H14O5. The summed E-state index contributed by atoms with van der Waals surface area (Å²) in [7, 11) is 0. The summed E-state index contributed by atoms with van der Waals surface area (Å²) in [5.74, 6) is -3.82. The van der Waals surface area contributed by atoms with Crippen molar-refractivity contribution in [3.63, 3.8) is 0 Å². The molecule has 0 aromatic heterocycles. The van der Waals surface area contributed by atoms with Gasteiger partial charge in [0.1, 0.15) is 11.2 Å². The Kier molecular flexibility index (Phi) is 3.31. The average molecular weight is 202 g/mol. The minimum Gasteiger partial charge on any atom is -0.382 e. The Morgan fingerprint density at radius 3 is 1.14 bits per heavy atom. The zero-order chi connectivity index (χ0) is 11.7. The maximum Gasteiger partial charge on any atom is 0.270 e. The van der Waals surface area contributed by atoms with E-state index in [0.717, 1.165) is 27.7 Å². The monoisotopic (exact) mass is 202 g/mol. The van der Waals surface area contributed by atoms with Crippen LogP contribution in [-0.2, 0) is 14.4 Å². The molecule has 0 aliphatic carbocycles. The second-order valence-electron chi connectivity index (χ2n) is 4.11. The summed E-state index contributed by atoms with van der Waals surface area (Å²) in [6.07, 6.45) is 0. The van der Waals surface area contributed by atoms with E-state index in [4.69, 9.17) is 10.2 Å². The predicted octanol–water partition coefficient (Wildman–Crippen LogP) is -0.765. The summed E-state index contributed by atoms with van der Waals surface area (Å²) in [6, 6.07) is 0. The standard InChI is InChI=1S/C9H14O5/c1-8(2,13)6(11)5(10)7(12)9(3,4)14/h13-14H,1-4H3. The van der Waals surface area contributed by atoms with Gasteiger partial charge >= 0.3 is 0 Å². The Balaban J connectivity index is 4.85. The summed E-state index contributed by atoms with van der Waals surface area (Å²) in [5.41, 5.74) is -3.78. The van der Waals surface area contributed by atoms with E-state index in [2.05, 4.69) is 0 Å². The smallest absolute Gasteiger partial charge is 0.270 e. The molecule has 0 aliphatic rings. The van der Waals surface area contributed by atoms with Crippen molar-refractivity contribution in [2.45, 2.75) is 38.9 Å². The van der Waals surface area contributed by atoms with E-state index in [1.165, 1.54) is 0 Å². The third-order valence-corrected chi connectivity index (χ3v) is 1.52. The lowest BCUT2D eigenvalue weighted by molar-refractivity contribution is -0.155. The number of aliphatic hydroxyl groups is 2. The van der Waals surface area contributed by atoms with Crippen LogP contribution in [0.4, 0.5) is 0 Å². The summed E-state index contributed by atoms with van der Waals surface area (Å²) in [5, 5.41) is 18.3. The maximum atomic E-state index is 11.1. The molecule has 14 heavy (non-hydrogen) atoms. The van der Waals surface area contributed by atoms with Gasteiger partial charge in [-0.3, -0.25) is 14.4 Å². The van der Waals surface area contributed by atoms with Gasteiger partial charge in [0, 0.05) is 0 Å². The van der Waals surface area contributed by atoms with Gasteiger partial charge < -0.3 is 10.2 Å². The van der Waals surface area contributed by atoms with Gasteiger partial charge in [-0.25, -0.2) is 0 Å². The zero-order valence-electron chi connectivity index (χ0n) is 8.62. The summed E-state index contributed by atoms with van der Waals surface area (Å²) < 4.78 is 0. The summed E-state index contributed by atoms with van der Waals surface area (Å²) in [6.45, 7) is 4.41. The molecule has 0 spiro atoms. The van der Waals surface area contributed by atoms with Crippen LogP contribution in [0.1, 0.15) is 27.7 Å². The van der Waals surface area contributed by atoms with Crippen LogP contribution in [0.2, 0.25) is 0 Å². The first-order valence-corrected chi connectivity index (χ1v) is 4.06. The van der Waals surface area contributed by atoms with Gasteiger partial charge in [-0.15, -0.1) is 0 Å². The van der Waals surface area contributed by atoms with Crippen molar-refractivity contribution in [3.05, 3.63) is 0 Å². The van der Waals surface area contributed by atoms with Crippen molar-refractivity contribution in [1.82, 2.24) is 0 Å². The topological polar surface area (TPSA) is 91.7 Å². The van der Waals surface area contributed by atoms with Gasteiger partial charge in [0.25, 0.3) is 5.78 Å². The number of carbonyl (C=O) groups excluding carboxylic acids is 3. The van der Waals surface area contributed by atoms with E-state index < -0.39 is 28.6 Å². The Hall–Kier alpha value is -1.07. The van der Waals surface area contributed by atoms with Crippen LogP contribution >= 0.6 is 0 Å². The maximum absolute atomic E-state index is 11.1. The first-order chi connectivity index (χ1) is 5.98. The number of hydrogen-bond donors (Lipinski definition) is 2. The number of rotatable bonds is 4. The lowest BCUT2D eigenvalue weighted by Crippen LogP contribution is -2.47. The fraction of sp³-hybridized carbons (Fsp3) is 0.667. The van der Waals surface area contributed by atoms with Crippen molar-refractivity contribution in [3.8, 4) is 0 Å². The molecule has 0 saturated heterocycles. The van der Waals surface area contributed by atoms with Crippen LogP contribution in [0.25, 0.3) is 0 Å². The molecule has 0 saturated carbocycles. The molecule has 0 unspecified atom stereocenters. The Bertz CT molecular complexity index is 249. The normalized spacial score (nSPS) is 12.4. The highest BCUT2D eigenvalue weighted by atomic mass is 16.3. The van der Waals surface area contributed by atoms with Crippen LogP contribution in [-0.4, -0.2) is 38.8 Å². The second-order valence-corrected chi connectivity index (χ2v) is 4.11. The van der Waals surface area contributed by atoms with E-state index in [-0.39, 0.29) is 0 Å². The second kappa shape index (κ2) is 3.59. The number of hydrogen-bond acceptors (Lipinski definition) is 5. The van der Waals surface area contributed by atoms with E-state index in [0.29, 0.717) is 0 Å². The van der Waals surface area contributed by atoms with Crippen molar-refractivity contribution in [2.24, 2.45) is 0 Å². The minimum absolute atomic E-state index is 1.10. The highest BCUT2D eigenvalue weighted by Crippen LogP contribution is 2.09. The van der Waals surface area contributed by atoms with Gasteiger partial charge in [-0.05, 0) is 27.7 Å². The summed E-state index contributed by atoms with van der Waals surface area (Å²) >= 11 is 0. The van der Waals surface area contributed by atoms with Crippen LogP contribution in [0.3, 0.4) is 0 Å². The molecule has 0 aliphatic heterocycles. The highest BCUT2D eigenvalue weighted by molar-refractivity contribution is 6.66. The molecule has 0 heterocycles. The van der Waals surface area contributed by atoms with Crippen molar-refractivity contribution >= 4 is 17.3 Å². The van der Waals surface area contributed by atoms with Crippen LogP contribution in [0.15, 0.2) is 0 Å². The third kappa shape index (κ3) is 3.01. The molecule has 5 nitrogen and oxygen atoms in total. The van der Waals surface area contributed by atoms with E-state index >= 15 is 0 Å². The van der Waals surface area contributed by atoms with Crippen molar-refractivity contribution in [2.75, 3.05) is 0 Å². The molecule has 0 atom stereocenters. The van der Waals surface area contributed by atoms with E-state index in [1.54, 1.807) is 0 Å². The quantitative estimate of drug-likeness (QED) is 0.461. The highest BCUT2D eigenvalue weighted by Gasteiger charge is 2.40. The molecule has 5 heteroatoms. The molecule has 80 valence electrons. The molecule has 0 aromatic carbocycles. The van der Waals surface area contributed by atoms with Crippen LogP contribution < -0.4 is 0 Å². The first kappa shape index (κ1) is 12.9. The Labute approximate surface area is 81.7 Å². The number of Topliss-reactive ketones (excluding diaryl/α,β-unsaturated/α-hetero) is 3. The lowest BCUT2D eigenvalue weighted by Gasteiger charge is -2.17. The van der Waals surface area contributed by atoms with Crippen LogP contribution in [0.5, 0.6) is 0 Å². The van der Waals surface area contributed by atoms with Crippen LogP contribution in [0, 0.1) is 0 Å². The number of ketones is 3. The Morgan fingerprint density at radius 2 is 1.00 bits per heavy atom. The van der Waals surface area contributed by atoms with Gasteiger partial charge in [-0.2, -0.15) is 0 Å². The lowest BCUT2D eigenvalue weighted by atomic mass is 9.92. The average Bonchev–Trinajstić information content (AvgIpc) is 1.97. The van der Waals surface area contributed by atoms with Crippen molar-refractivity contribution in [1.29, 1.82) is 0 Å². The SMILES string of the molecule is CC(C)(O)C(=O)C(=O)C(=O)C(C)(C)O. The first-order valence-electron chi connectivity index (χ1n) is 4.06. The molecule has 0 radical (unpaired) electrons. The Morgan fingerprint density at radius 1 is 0.786 bits per heavy atom. The largest absolute Gasteiger partial charge is 0.382 e. The summed E-state index contributed by atoms with van der Waals surface area (Å²) in [4.78, 5) is 33.4. The molecule has 0 aromatic rings. The molecule has 2 N–H and O–H groups in total. The fourth-order valence-electron chi connectivity index (χ4n) is 0.659.